The lowest BCUT2D eigenvalue weighted by atomic mass is 9.95. The van der Waals surface area contributed by atoms with Crippen LogP contribution in [0.3, 0.4) is 0 Å². The first-order valence-electron chi connectivity index (χ1n) is 13.5. The number of rotatable bonds is 12. The van der Waals surface area contributed by atoms with Gasteiger partial charge >= 0.3 is 5.97 Å². The molecular weight excluding hydrogens is 484 g/mol. The molecule has 3 rings (SSSR count). The maximum atomic E-state index is 13.1. The summed E-state index contributed by atoms with van der Waals surface area (Å²) in [5.74, 6) is -2.56. The van der Waals surface area contributed by atoms with Crippen LogP contribution in [0.25, 0.3) is 10.8 Å². The smallest absolute Gasteiger partial charge is 0.305 e. The molecule has 3 atom stereocenters. The quantitative estimate of drug-likeness (QED) is 0.290. The van der Waals surface area contributed by atoms with Crippen molar-refractivity contribution in [2.75, 3.05) is 6.54 Å². The molecule has 1 saturated carbocycles. The molecule has 206 valence electrons. The summed E-state index contributed by atoms with van der Waals surface area (Å²) in [5.41, 5.74) is 0.440. The molecule has 2 aromatic carbocycles. The number of carboxylic acid groups (broad SMARTS) is 1. The maximum Gasteiger partial charge on any atom is 0.305 e. The van der Waals surface area contributed by atoms with Gasteiger partial charge in [0.2, 0.25) is 11.8 Å². The molecule has 1 aliphatic rings. The fourth-order valence-corrected chi connectivity index (χ4v) is 4.79. The molecule has 2 aromatic rings. The van der Waals surface area contributed by atoms with E-state index in [0.29, 0.717) is 18.2 Å². The Morgan fingerprint density at radius 1 is 0.868 bits per heavy atom. The van der Waals surface area contributed by atoms with Gasteiger partial charge in [0.1, 0.15) is 12.1 Å². The zero-order chi connectivity index (χ0) is 27.7. The van der Waals surface area contributed by atoms with Crippen molar-refractivity contribution < 1.29 is 24.3 Å². The molecule has 0 radical (unpaired) electrons. The van der Waals surface area contributed by atoms with E-state index in [-0.39, 0.29) is 18.2 Å². The summed E-state index contributed by atoms with van der Waals surface area (Å²) in [6, 6.07) is 11.0. The number of aliphatic carboxylic acids is 1. The Hall–Kier alpha value is -3.46. The van der Waals surface area contributed by atoms with Crippen molar-refractivity contribution in [2.24, 2.45) is 5.92 Å². The van der Waals surface area contributed by atoms with Crippen LogP contribution in [-0.4, -0.2) is 59.5 Å². The SMILES string of the molecule is CC(C)[C@H](NC(=O)c1ccc2ccccc2c1)C(=O)N[C@@H](C)C(=O)N[C@H](CNC1CCCCC1)CC(=O)O. The first-order valence-corrected chi connectivity index (χ1v) is 13.5. The number of fused-ring (bicyclic) bond motifs is 1. The van der Waals surface area contributed by atoms with Gasteiger partial charge in [-0.1, -0.05) is 63.4 Å². The summed E-state index contributed by atoms with van der Waals surface area (Å²) in [6.45, 7) is 5.52. The predicted octanol–water partition coefficient (Wildman–Crippen LogP) is 2.98. The molecule has 0 spiro atoms. The van der Waals surface area contributed by atoms with Gasteiger partial charge in [-0.2, -0.15) is 0 Å². The summed E-state index contributed by atoms with van der Waals surface area (Å²) in [4.78, 5) is 50.2. The highest BCUT2D eigenvalue weighted by Gasteiger charge is 2.28. The van der Waals surface area contributed by atoms with E-state index in [9.17, 15) is 24.3 Å². The first kappa shape index (κ1) is 29.1. The normalized spacial score (nSPS) is 16.4. The summed E-state index contributed by atoms with van der Waals surface area (Å²) < 4.78 is 0. The molecule has 38 heavy (non-hydrogen) atoms. The molecule has 1 aliphatic carbocycles. The number of carbonyl (C=O) groups is 4. The zero-order valence-corrected chi connectivity index (χ0v) is 22.5. The number of carbonyl (C=O) groups excluding carboxylic acids is 3. The second kappa shape index (κ2) is 13.9. The van der Waals surface area contributed by atoms with Gasteiger partial charge in [0, 0.05) is 18.2 Å². The Kier molecular flexibility index (Phi) is 10.6. The van der Waals surface area contributed by atoms with Crippen LogP contribution in [0.2, 0.25) is 0 Å². The van der Waals surface area contributed by atoms with Crippen molar-refractivity contribution in [3.05, 3.63) is 48.0 Å². The number of hydrogen-bond donors (Lipinski definition) is 5. The molecule has 3 amide bonds. The fourth-order valence-electron chi connectivity index (χ4n) is 4.79. The molecule has 9 heteroatoms. The van der Waals surface area contributed by atoms with Crippen LogP contribution in [0.4, 0.5) is 0 Å². The average Bonchev–Trinajstić information content (AvgIpc) is 2.89. The molecule has 1 fully saturated rings. The number of nitrogens with one attached hydrogen (secondary N) is 4. The van der Waals surface area contributed by atoms with E-state index in [4.69, 9.17) is 0 Å². The van der Waals surface area contributed by atoms with Gasteiger partial charge in [0.05, 0.1) is 12.5 Å². The van der Waals surface area contributed by atoms with Crippen LogP contribution in [0, 0.1) is 5.92 Å². The summed E-state index contributed by atoms with van der Waals surface area (Å²) >= 11 is 0. The minimum absolute atomic E-state index is 0.220. The second-order valence-electron chi connectivity index (χ2n) is 10.5. The monoisotopic (exact) mass is 524 g/mol. The Labute approximate surface area is 224 Å². The number of amides is 3. The predicted molar refractivity (Wildman–Crippen MR) is 147 cm³/mol. The number of benzene rings is 2. The van der Waals surface area contributed by atoms with Gasteiger partial charge in [-0.25, -0.2) is 0 Å². The largest absolute Gasteiger partial charge is 0.481 e. The van der Waals surface area contributed by atoms with E-state index in [0.717, 1.165) is 36.5 Å². The molecule has 9 nitrogen and oxygen atoms in total. The number of carboxylic acids is 1. The summed E-state index contributed by atoms with van der Waals surface area (Å²) in [6.07, 6.45) is 5.37. The third-order valence-electron chi connectivity index (χ3n) is 7.02. The molecule has 5 N–H and O–H groups in total. The van der Waals surface area contributed by atoms with E-state index < -0.39 is 35.9 Å². The van der Waals surface area contributed by atoms with Gasteiger partial charge < -0.3 is 26.4 Å². The fraction of sp³-hybridized carbons (Fsp3) is 0.517. The van der Waals surface area contributed by atoms with Crippen LogP contribution in [0.15, 0.2) is 42.5 Å². The highest BCUT2D eigenvalue weighted by molar-refractivity contribution is 6.01. The Morgan fingerprint density at radius 2 is 1.55 bits per heavy atom. The lowest BCUT2D eigenvalue weighted by Gasteiger charge is -2.27. The van der Waals surface area contributed by atoms with Crippen molar-refractivity contribution in [2.45, 2.75) is 83.5 Å². The minimum Gasteiger partial charge on any atom is -0.481 e. The minimum atomic E-state index is -1.01. The van der Waals surface area contributed by atoms with E-state index >= 15 is 0 Å². The molecular formula is C29H40N4O5. The van der Waals surface area contributed by atoms with E-state index in [1.807, 2.05) is 44.2 Å². The highest BCUT2D eigenvalue weighted by atomic mass is 16.4. The highest BCUT2D eigenvalue weighted by Crippen LogP contribution is 2.18. The topological polar surface area (TPSA) is 137 Å². The number of hydrogen-bond acceptors (Lipinski definition) is 5. The molecule has 0 aliphatic heterocycles. The third kappa shape index (κ3) is 8.55. The maximum absolute atomic E-state index is 13.1. The van der Waals surface area contributed by atoms with Crippen molar-refractivity contribution >= 4 is 34.5 Å². The third-order valence-corrected chi connectivity index (χ3v) is 7.02. The van der Waals surface area contributed by atoms with Gasteiger partial charge in [-0.3, -0.25) is 19.2 Å². The van der Waals surface area contributed by atoms with Crippen molar-refractivity contribution in [3.63, 3.8) is 0 Å². The Balaban J connectivity index is 1.57. The van der Waals surface area contributed by atoms with Crippen molar-refractivity contribution in [1.29, 1.82) is 0 Å². The molecule has 0 unspecified atom stereocenters. The van der Waals surface area contributed by atoms with Crippen LogP contribution < -0.4 is 21.3 Å². The van der Waals surface area contributed by atoms with Crippen molar-refractivity contribution in [3.8, 4) is 0 Å². The standard InChI is InChI=1S/C29H40N4O5/c1-18(2)26(33-28(37)22-14-13-20-9-7-8-10-21(20)15-22)29(38)31-19(3)27(36)32-24(16-25(34)35)17-30-23-11-5-4-6-12-23/h7-10,13-15,18-19,23-24,26,30H,4-6,11-12,16-17H2,1-3H3,(H,31,38)(H,32,36)(H,33,37)(H,34,35)/t19-,24-,26-/m0/s1. The zero-order valence-electron chi connectivity index (χ0n) is 22.5. The molecule has 0 heterocycles. The second-order valence-corrected chi connectivity index (χ2v) is 10.5. The molecule has 0 bridgehead atoms. The van der Waals surface area contributed by atoms with Gasteiger partial charge in [-0.15, -0.1) is 0 Å². The van der Waals surface area contributed by atoms with Crippen LogP contribution in [0.1, 0.15) is 69.7 Å². The van der Waals surface area contributed by atoms with Gasteiger partial charge in [0.25, 0.3) is 5.91 Å². The first-order chi connectivity index (χ1) is 18.1. The lowest BCUT2D eigenvalue weighted by molar-refractivity contribution is -0.138. The summed E-state index contributed by atoms with van der Waals surface area (Å²) in [7, 11) is 0. The van der Waals surface area contributed by atoms with E-state index in [1.165, 1.54) is 6.42 Å². The Morgan fingerprint density at radius 3 is 2.21 bits per heavy atom. The van der Waals surface area contributed by atoms with Crippen LogP contribution in [-0.2, 0) is 14.4 Å². The average molecular weight is 525 g/mol. The van der Waals surface area contributed by atoms with Crippen LogP contribution in [0.5, 0.6) is 0 Å². The molecule has 0 aromatic heterocycles. The van der Waals surface area contributed by atoms with E-state index in [1.54, 1.807) is 19.1 Å². The summed E-state index contributed by atoms with van der Waals surface area (Å²) in [5, 5.41) is 22.8. The van der Waals surface area contributed by atoms with Crippen LogP contribution >= 0.6 is 0 Å². The van der Waals surface area contributed by atoms with Crippen molar-refractivity contribution in [1.82, 2.24) is 21.3 Å². The Bertz CT molecular complexity index is 1130. The van der Waals surface area contributed by atoms with Gasteiger partial charge in [-0.05, 0) is 48.6 Å². The van der Waals surface area contributed by atoms with E-state index in [2.05, 4.69) is 21.3 Å². The van der Waals surface area contributed by atoms with Gasteiger partial charge in [0.15, 0.2) is 0 Å². The lowest BCUT2D eigenvalue weighted by Crippen LogP contribution is -2.56. The molecule has 0 saturated heterocycles.